The lowest BCUT2D eigenvalue weighted by Crippen LogP contribution is -2.46. The van der Waals surface area contributed by atoms with Crippen molar-refractivity contribution in [2.24, 2.45) is 5.92 Å². The lowest BCUT2D eigenvalue weighted by Gasteiger charge is -2.31. The zero-order chi connectivity index (χ0) is 23.5. The van der Waals surface area contributed by atoms with E-state index in [0.717, 1.165) is 4.90 Å². The Labute approximate surface area is 196 Å². The van der Waals surface area contributed by atoms with Crippen LogP contribution in [0.25, 0.3) is 0 Å². The largest absolute Gasteiger partial charge is 0.389 e. The number of β-amino-alcohol motifs (C(OH)–C–C–N with tert-alkyl or cyclic N) is 1. The van der Waals surface area contributed by atoms with E-state index in [1.807, 2.05) is 0 Å². The third kappa shape index (κ3) is 4.91. The van der Waals surface area contributed by atoms with E-state index >= 15 is 0 Å². The summed E-state index contributed by atoms with van der Waals surface area (Å²) in [6.07, 6.45) is -0.0537. The second-order valence-electron chi connectivity index (χ2n) is 8.24. The van der Waals surface area contributed by atoms with Crippen molar-refractivity contribution in [3.05, 3.63) is 70.2 Å². The molecule has 9 heteroatoms. The number of nitrogens with zero attached hydrogens (tertiary/aromatic N) is 2. The van der Waals surface area contributed by atoms with E-state index in [2.05, 4.69) is 5.32 Å². The molecule has 0 spiro atoms. The van der Waals surface area contributed by atoms with Crippen molar-refractivity contribution in [1.82, 2.24) is 15.1 Å². The molecule has 0 unspecified atom stereocenters. The monoisotopic (exact) mass is 469 g/mol. The topological polar surface area (TPSA) is 107 Å². The van der Waals surface area contributed by atoms with Gasteiger partial charge in [0.2, 0.25) is 5.91 Å². The Kier molecular flexibility index (Phi) is 6.76. The molecule has 4 rings (SSSR count). The third-order valence-electron chi connectivity index (χ3n) is 6.03. The fourth-order valence-corrected chi connectivity index (χ4v) is 4.29. The van der Waals surface area contributed by atoms with E-state index in [1.54, 1.807) is 53.4 Å². The van der Waals surface area contributed by atoms with Crippen LogP contribution < -0.4 is 5.32 Å². The molecule has 0 saturated carbocycles. The molecule has 172 valence electrons. The molecule has 2 heterocycles. The molecule has 0 radical (unpaired) electrons. The number of likely N-dealkylation sites (tertiary alicyclic amines) is 1. The minimum Gasteiger partial charge on any atom is -0.389 e. The van der Waals surface area contributed by atoms with E-state index in [9.17, 15) is 24.3 Å². The van der Waals surface area contributed by atoms with Crippen molar-refractivity contribution in [2.45, 2.75) is 18.9 Å². The average Bonchev–Trinajstić information content (AvgIpc) is 3.07. The Balaban J connectivity index is 1.23. The van der Waals surface area contributed by atoms with Gasteiger partial charge in [-0.3, -0.25) is 24.1 Å². The number of piperidine rings is 1. The molecular formula is C24H24ClN3O5. The number of hydrogen-bond donors (Lipinski definition) is 2. The van der Waals surface area contributed by atoms with Crippen molar-refractivity contribution in [3.63, 3.8) is 0 Å². The second-order valence-corrected chi connectivity index (χ2v) is 8.68. The Bertz CT molecular complexity index is 1040. The van der Waals surface area contributed by atoms with E-state index < -0.39 is 17.9 Å². The van der Waals surface area contributed by atoms with Crippen LogP contribution in [0.15, 0.2) is 48.5 Å². The maximum atomic E-state index is 12.6. The number of imide groups is 1. The first-order valence-electron chi connectivity index (χ1n) is 10.8. The molecule has 2 N–H and O–H groups in total. The Morgan fingerprint density at radius 2 is 1.58 bits per heavy atom. The third-order valence-corrected chi connectivity index (χ3v) is 6.28. The van der Waals surface area contributed by atoms with Gasteiger partial charge < -0.3 is 15.3 Å². The van der Waals surface area contributed by atoms with Crippen LogP contribution >= 0.6 is 11.6 Å². The van der Waals surface area contributed by atoms with Crippen LogP contribution in [0.2, 0.25) is 5.02 Å². The first kappa shape index (κ1) is 22.9. The Morgan fingerprint density at radius 3 is 2.15 bits per heavy atom. The van der Waals surface area contributed by atoms with Gasteiger partial charge in [0.05, 0.1) is 23.8 Å². The van der Waals surface area contributed by atoms with Crippen LogP contribution in [0.5, 0.6) is 0 Å². The van der Waals surface area contributed by atoms with Crippen molar-refractivity contribution in [1.29, 1.82) is 0 Å². The molecule has 1 atom stereocenters. The van der Waals surface area contributed by atoms with Gasteiger partial charge >= 0.3 is 0 Å². The van der Waals surface area contributed by atoms with Crippen LogP contribution in [0.4, 0.5) is 0 Å². The van der Waals surface area contributed by atoms with Gasteiger partial charge in [-0.1, -0.05) is 23.7 Å². The lowest BCUT2D eigenvalue weighted by molar-refractivity contribution is -0.126. The number of carbonyl (C=O) groups is 4. The summed E-state index contributed by atoms with van der Waals surface area (Å²) in [5, 5.41) is 13.6. The highest BCUT2D eigenvalue weighted by molar-refractivity contribution is 6.30. The van der Waals surface area contributed by atoms with E-state index in [0.29, 0.717) is 47.6 Å². The van der Waals surface area contributed by atoms with Gasteiger partial charge in [-0.15, -0.1) is 0 Å². The lowest BCUT2D eigenvalue weighted by atomic mass is 9.95. The van der Waals surface area contributed by atoms with Gasteiger partial charge in [0.15, 0.2) is 0 Å². The minimum absolute atomic E-state index is 0.0733. The molecule has 0 aliphatic carbocycles. The molecule has 1 fully saturated rings. The number of carbonyl (C=O) groups excluding carboxylic acids is 4. The van der Waals surface area contributed by atoms with Gasteiger partial charge in [-0.2, -0.15) is 0 Å². The molecule has 33 heavy (non-hydrogen) atoms. The highest BCUT2D eigenvalue weighted by Gasteiger charge is 2.36. The zero-order valence-corrected chi connectivity index (χ0v) is 18.6. The predicted octanol–water partition coefficient (Wildman–Crippen LogP) is 1.97. The van der Waals surface area contributed by atoms with Crippen LogP contribution in [0.1, 0.15) is 43.9 Å². The molecule has 2 aliphatic heterocycles. The summed E-state index contributed by atoms with van der Waals surface area (Å²) < 4.78 is 0. The fraction of sp³-hybridized carbons (Fsp3) is 0.333. The molecule has 4 amide bonds. The maximum Gasteiger partial charge on any atom is 0.261 e. The Hall–Kier alpha value is -3.23. The highest BCUT2D eigenvalue weighted by atomic mass is 35.5. The Morgan fingerprint density at radius 1 is 1.00 bits per heavy atom. The smallest absolute Gasteiger partial charge is 0.261 e. The molecule has 0 aromatic heterocycles. The molecule has 8 nitrogen and oxygen atoms in total. The van der Waals surface area contributed by atoms with E-state index in [-0.39, 0.29) is 30.8 Å². The summed E-state index contributed by atoms with van der Waals surface area (Å²) in [6, 6.07) is 13.2. The molecule has 2 aromatic carbocycles. The number of hydrogen-bond acceptors (Lipinski definition) is 5. The first-order valence-corrected chi connectivity index (χ1v) is 11.2. The standard InChI is InChI=1S/C24H24ClN3O5/c25-17-7-5-16(6-8-17)22(31)27-11-9-15(10-12-27)21(30)26-13-18(29)14-28-23(32)19-3-1-2-4-20(19)24(28)33/h1-8,15,18,29H,9-14H2,(H,26,30)/t18-/m1/s1. The number of aliphatic hydroxyl groups excluding tert-OH is 1. The zero-order valence-electron chi connectivity index (χ0n) is 17.9. The number of fused-ring (bicyclic) bond motifs is 1. The van der Waals surface area contributed by atoms with Gasteiger partial charge in [-0.05, 0) is 49.2 Å². The quantitative estimate of drug-likeness (QED) is 0.629. The number of benzene rings is 2. The first-order chi connectivity index (χ1) is 15.8. The summed E-state index contributed by atoms with van der Waals surface area (Å²) >= 11 is 5.87. The molecule has 2 aliphatic rings. The highest BCUT2D eigenvalue weighted by Crippen LogP contribution is 2.23. The van der Waals surface area contributed by atoms with Gasteiger partial charge in [0.1, 0.15) is 0 Å². The summed E-state index contributed by atoms with van der Waals surface area (Å²) in [7, 11) is 0. The van der Waals surface area contributed by atoms with Gasteiger partial charge in [0, 0.05) is 36.1 Å². The van der Waals surface area contributed by atoms with Crippen LogP contribution in [0.3, 0.4) is 0 Å². The summed E-state index contributed by atoms with van der Waals surface area (Å²) in [4.78, 5) is 52.7. The molecular weight excluding hydrogens is 446 g/mol. The summed E-state index contributed by atoms with van der Waals surface area (Å²) in [5.41, 5.74) is 1.19. The van der Waals surface area contributed by atoms with Crippen molar-refractivity contribution >= 4 is 35.2 Å². The van der Waals surface area contributed by atoms with Gasteiger partial charge in [-0.25, -0.2) is 0 Å². The fourth-order valence-electron chi connectivity index (χ4n) is 4.16. The molecule has 2 aromatic rings. The van der Waals surface area contributed by atoms with Crippen molar-refractivity contribution in [3.8, 4) is 0 Å². The number of rotatable bonds is 6. The van der Waals surface area contributed by atoms with E-state index in [1.165, 1.54) is 0 Å². The van der Waals surface area contributed by atoms with Gasteiger partial charge in [0.25, 0.3) is 17.7 Å². The average molecular weight is 470 g/mol. The van der Waals surface area contributed by atoms with Crippen LogP contribution in [-0.2, 0) is 4.79 Å². The van der Waals surface area contributed by atoms with Crippen LogP contribution in [0, 0.1) is 5.92 Å². The number of amides is 4. The predicted molar refractivity (Wildman–Crippen MR) is 121 cm³/mol. The van der Waals surface area contributed by atoms with Crippen molar-refractivity contribution in [2.75, 3.05) is 26.2 Å². The number of aliphatic hydroxyl groups is 1. The van der Waals surface area contributed by atoms with Crippen LogP contribution in [-0.4, -0.2) is 70.8 Å². The number of halogens is 1. The minimum atomic E-state index is -1.08. The summed E-state index contributed by atoms with van der Waals surface area (Å²) in [5.74, 6) is -1.47. The molecule has 1 saturated heterocycles. The SMILES string of the molecule is O=C(NC[C@@H](O)CN1C(=O)c2ccccc2C1=O)C1CCN(C(=O)c2ccc(Cl)cc2)CC1. The van der Waals surface area contributed by atoms with E-state index in [4.69, 9.17) is 11.6 Å². The van der Waals surface area contributed by atoms with Crippen molar-refractivity contribution < 1.29 is 24.3 Å². The normalized spacial score (nSPS) is 17.2. The maximum absolute atomic E-state index is 12.6. The second kappa shape index (κ2) is 9.72. The summed E-state index contributed by atoms with van der Waals surface area (Å²) in [6.45, 7) is 0.644. The number of nitrogens with one attached hydrogen (secondary N) is 1. The molecule has 0 bridgehead atoms.